The molecule has 0 saturated heterocycles. The minimum absolute atomic E-state index is 0.110. The molecular weight excluding hydrogens is 314 g/mol. The van der Waals surface area contributed by atoms with Gasteiger partial charge in [0.05, 0.1) is 6.61 Å². The molecule has 1 N–H and O–H groups in total. The Morgan fingerprint density at radius 3 is 2.95 bits per heavy atom. The zero-order chi connectivity index (χ0) is 14.3. The van der Waals surface area contributed by atoms with Gasteiger partial charge in [-0.2, -0.15) is 4.31 Å². The second-order valence-corrected chi connectivity index (χ2v) is 9.09. The van der Waals surface area contributed by atoms with Crippen LogP contribution in [0.2, 0.25) is 0 Å². The van der Waals surface area contributed by atoms with E-state index in [-0.39, 0.29) is 6.61 Å². The maximum Gasteiger partial charge on any atom is 0.252 e. The van der Waals surface area contributed by atoms with E-state index in [1.807, 2.05) is 18.4 Å². The van der Waals surface area contributed by atoms with Gasteiger partial charge < -0.3 is 5.11 Å². The van der Waals surface area contributed by atoms with E-state index in [0.29, 0.717) is 17.3 Å². The summed E-state index contributed by atoms with van der Waals surface area (Å²) >= 11 is 2.86. The fraction of sp³-hybridized carbons (Fsp3) is 0.385. The van der Waals surface area contributed by atoms with Crippen LogP contribution in [0.1, 0.15) is 20.9 Å². The Bertz CT molecular complexity index is 730. The highest BCUT2D eigenvalue weighted by atomic mass is 32.2. The molecule has 0 fully saturated rings. The number of hydrogen-bond donors (Lipinski definition) is 1. The Morgan fingerprint density at radius 2 is 2.25 bits per heavy atom. The molecular formula is C13H15NO3S3. The van der Waals surface area contributed by atoms with E-state index in [2.05, 4.69) is 0 Å². The molecule has 0 atom stereocenters. The lowest BCUT2D eigenvalue weighted by Crippen LogP contribution is -2.34. The van der Waals surface area contributed by atoms with Gasteiger partial charge in [0.1, 0.15) is 4.21 Å². The van der Waals surface area contributed by atoms with Crippen LogP contribution in [-0.2, 0) is 29.6 Å². The first-order valence-electron chi connectivity index (χ1n) is 6.28. The Labute approximate surface area is 126 Å². The maximum atomic E-state index is 12.7. The zero-order valence-corrected chi connectivity index (χ0v) is 13.4. The molecule has 0 radical (unpaired) electrons. The van der Waals surface area contributed by atoms with Crippen LogP contribution in [-0.4, -0.2) is 24.4 Å². The molecule has 4 nitrogen and oxygen atoms in total. The standard InChI is InChI=1S/C13H15NO3S3/c1-9-6-13(19-12(9)8-15)20(16,17)14-4-2-11-10(7-14)3-5-18-11/h3,5-6,15H,2,4,7-8H2,1H3. The summed E-state index contributed by atoms with van der Waals surface area (Å²) < 4.78 is 27.2. The number of fused-ring (bicyclic) bond motifs is 1. The van der Waals surface area contributed by atoms with E-state index in [4.69, 9.17) is 0 Å². The topological polar surface area (TPSA) is 57.6 Å². The molecule has 0 aromatic carbocycles. The summed E-state index contributed by atoms with van der Waals surface area (Å²) in [6.45, 7) is 2.70. The van der Waals surface area contributed by atoms with Crippen molar-refractivity contribution in [1.29, 1.82) is 0 Å². The summed E-state index contributed by atoms with van der Waals surface area (Å²) in [5.41, 5.74) is 1.95. The summed E-state index contributed by atoms with van der Waals surface area (Å²) in [7, 11) is -3.45. The Kier molecular flexibility index (Phi) is 3.72. The smallest absolute Gasteiger partial charge is 0.252 e. The molecule has 20 heavy (non-hydrogen) atoms. The van der Waals surface area contributed by atoms with Crippen molar-refractivity contribution in [2.75, 3.05) is 6.54 Å². The lowest BCUT2D eigenvalue weighted by molar-refractivity contribution is 0.285. The van der Waals surface area contributed by atoms with E-state index in [9.17, 15) is 13.5 Å². The molecule has 1 aliphatic heterocycles. The molecule has 0 aliphatic carbocycles. The molecule has 3 rings (SSSR count). The first-order chi connectivity index (χ1) is 9.52. The summed E-state index contributed by atoms with van der Waals surface area (Å²) in [4.78, 5) is 2.01. The lowest BCUT2D eigenvalue weighted by Gasteiger charge is -2.25. The Morgan fingerprint density at radius 1 is 1.45 bits per heavy atom. The fourth-order valence-corrected chi connectivity index (χ4v) is 6.24. The van der Waals surface area contributed by atoms with Gasteiger partial charge in [-0.1, -0.05) is 0 Å². The zero-order valence-electron chi connectivity index (χ0n) is 11.0. The Hall–Kier alpha value is -0.730. The quantitative estimate of drug-likeness (QED) is 0.940. The molecule has 3 heterocycles. The van der Waals surface area contributed by atoms with Crippen LogP contribution in [0.25, 0.3) is 0 Å². The highest BCUT2D eigenvalue weighted by molar-refractivity contribution is 7.91. The van der Waals surface area contributed by atoms with Gasteiger partial charge in [0.25, 0.3) is 10.0 Å². The third-order valence-corrected chi connectivity index (χ3v) is 8.05. The molecule has 0 spiro atoms. The molecule has 0 bridgehead atoms. The first kappa shape index (κ1) is 14.2. The van der Waals surface area contributed by atoms with E-state index >= 15 is 0 Å². The molecule has 108 valence electrons. The monoisotopic (exact) mass is 329 g/mol. The van der Waals surface area contributed by atoms with Gasteiger partial charge >= 0.3 is 0 Å². The number of thiophene rings is 2. The summed E-state index contributed by atoms with van der Waals surface area (Å²) in [5.74, 6) is 0. The fourth-order valence-electron chi connectivity index (χ4n) is 2.33. The molecule has 2 aromatic rings. The van der Waals surface area contributed by atoms with Crippen molar-refractivity contribution >= 4 is 32.7 Å². The van der Waals surface area contributed by atoms with E-state index in [0.717, 1.165) is 22.4 Å². The van der Waals surface area contributed by atoms with Gasteiger partial charge in [-0.25, -0.2) is 8.42 Å². The molecule has 0 amide bonds. The molecule has 7 heteroatoms. The van der Waals surface area contributed by atoms with Crippen LogP contribution in [0.5, 0.6) is 0 Å². The third kappa shape index (κ3) is 2.33. The Balaban J connectivity index is 1.92. The lowest BCUT2D eigenvalue weighted by atomic mass is 10.1. The minimum Gasteiger partial charge on any atom is -0.391 e. The summed E-state index contributed by atoms with van der Waals surface area (Å²) in [5, 5.41) is 11.2. The van der Waals surface area contributed by atoms with Gasteiger partial charge in [0, 0.05) is 22.8 Å². The predicted molar refractivity (Wildman–Crippen MR) is 80.6 cm³/mol. The number of rotatable bonds is 3. The van der Waals surface area contributed by atoms with Crippen LogP contribution in [0, 0.1) is 6.92 Å². The number of aryl methyl sites for hydroxylation is 1. The van der Waals surface area contributed by atoms with Crippen LogP contribution in [0.4, 0.5) is 0 Å². The second kappa shape index (κ2) is 5.23. The molecule has 0 saturated carbocycles. The number of hydrogen-bond acceptors (Lipinski definition) is 5. The van der Waals surface area contributed by atoms with Crippen molar-refractivity contribution in [2.24, 2.45) is 0 Å². The highest BCUT2D eigenvalue weighted by Crippen LogP contribution is 2.32. The maximum absolute atomic E-state index is 12.7. The third-order valence-electron chi connectivity index (χ3n) is 3.51. The minimum atomic E-state index is -3.45. The predicted octanol–water partition coefficient (Wildman–Crippen LogP) is 2.36. The second-order valence-electron chi connectivity index (χ2n) is 4.79. The summed E-state index contributed by atoms with van der Waals surface area (Å²) in [6, 6.07) is 3.66. The van der Waals surface area contributed by atoms with Crippen LogP contribution < -0.4 is 0 Å². The van der Waals surface area contributed by atoms with E-state index in [1.54, 1.807) is 17.4 Å². The van der Waals surface area contributed by atoms with Gasteiger partial charge in [0.2, 0.25) is 0 Å². The van der Waals surface area contributed by atoms with E-state index in [1.165, 1.54) is 20.5 Å². The first-order valence-corrected chi connectivity index (χ1v) is 9.41. The van der Waals surface area contributed by atoms with Crippen molar-refractivity contribution in [2.45, 2.75) is 30.7 Å². The largest absolute Gasteiger partial charge is 0.391 e. The van der Waals surface area contributed by atoms with Crippen LogP contribution in [0.3, 0.4) is 0 Å². The van der Waals surface area contributed by atoms with Crippen molar-refractivity contribution in [3.63, 3.8) is 0 Å². The SMILES string of the molecule is Cc1cc(S(=O)(=O)N2CCc3sccc3C2)sc1CO. The number of aliphatic hydroxyl groups excluding tert-OH is 1. The molecule has 2 aromatic heterocycles. The van der Waals surface area contributed by atoms with Crippen LogP contribution in [0.15, 0.2) is 21.7 Å². The summed E-state index contributed by atoms with van der Waals surface area (Å²) in [6.07, 6.45) is 0.781. The van der Waals surface area contributed by atoms with Crippen molar-refractivity contribution in [1.82, 2.24) is 4.31 Å². The van der Waals surface area contributed by atoms with Crippen molar-refractivity contribution < 1.29 is 13.5 Å². The van der Waals surface area contributed by atoms with Crippen LogP contribution >= 0.6 is 22.7 Å². The van der Waals surface area contributed by atoms with Gasteiger partial charge in [0.15, 0.2) is 0 Å². The molecule has 1 aliphatic rings. The average Bonchev–Trinajstić information content (AvgIpc) is 3.03. The number of aliphatic hydroxyl groups is 1. The van der Waals surface area contributed by atoms with Gasteiger partial charge in [-0.05, 0) is 42.0 Å². The average molecular weight is 329 g/mol. The highest BCUT2D eigenvalue weighted by Gasteiger charge is 2.30. The van der Waals surface area contributed by atoms with E-state index < -0.39 is 10.0 Å². The molecule has 0 unspecified atom stereocenters. The van der Waals surface area contributed by atoms with Crippen molar-refractivity contribution in [3.05, 3.63) is 38.4 Å². The number of nitrogens with zero attached hydrogens (tertiary/aromatic N) is 1. The van der Waals surface area contributed by atoms with Gasteiger partial charge in [-0.3, -0.25) is 0 Å². The van der Waals surface area contributed by atoms with Gasteiger partial charge in [-0.15, -0.1) is 22.7 Å². The van der Waals surface area contributed by atoms with Crippen molar-refractivity contribution in [3.8, 4) is 0 Å². The number of sulfonamides is 1. The normalized spacial score (nSPS) is 16.3.